The molecule has 0 bridgehead atoms. The van der Waals surface area contributed by atoms with Gasteiger partial charge in [-0.25, -0.2) is 0 Å². The first kappa shape index (κ1) is 17.3. The molecule has 1 unspecified atom stereocenters. The lowest BCUT2D eigenvalue weighted by molar-refractivity contribution is -0.133. The van der Waals surface area contributed by atoms with Crippen molar-refractivity contribution in [3.05, 3.63) is 24.3 Å². The summed E-state index contributed by atoms with van der Waals surface area (Å²) in [7, 11) is 3.44. The summed E-state index contributed by atoms with van der Waals surface area (Å²) >= 11 is 0. The predicted octanol–water partition coefficient (Wildman–Crippen LogP) is 1.78. The van der Waals surface area contributed by atoms with Crippen LogP contribution in [0.15, 0.2) is 24.3 Å². The van der Waals surface area contributed by atoms with E-state index in [-0.39, 0.29) is 11.8 Å². The highest BCUT2D eigenvalue weighted by molar-refractivity contribution is 5.78. The monoisotopic (exact) mass is 294 g/mol. The average molecular weight is 294 g/mol. The van der Waals surface area contributed by atoms with Gasteiger partial charge in [-0.2, -0.15) is 0 Å². The van der Waals surface area contributed by atoms with E-state index >= 15 is 0 Å². The van der Waals surface area contributed by atoms with Crippen LogP contribution in [0.5, 0.6) is 11.5 Å². The molecule has 0 aliphatic rings. The summed E-state index contributed by atoms with van der Waals surface area (Å²) in [6.07, 6.45) is 0. The fraction of sp³-hybridized carbons (Fsp3) is 0.562. The molecule has 1 rings (SSSR count). The van der Waals surface area contributed by atoms with Gasteiger partial charge >= 0.3 is 0 Å². The van der Waals surface area contributed by atoms with E-state index in [0.29, 0.717) is 19.7 Å². The third kappa shape index (κ3) is 6.04. The Morgan fingerprint density at radius 2 is 1.90 bits per heavy atom. The molecule has 0 aromatic heterocycles. The van der Waals surface area contributed by atoms with Crippen LogP contribution in [0.3, 0.4) is 0 Å². The van der Waals surface area contributed by atoms with E-state index in [4.69, 9.17) is 9.47 Å². The Morgan fingerprint density at radius 1 is 1.29 bits per heavy atom. The van der Waals surface area contributed by atoms with Gasteiger partial charge in [0.2, 0.25) is 5.91 Å². The van der Waals surface area contributed by atoms with Gasteiger partial charge in [0.05, 0.1) is 13.7 Å². The smallest absolute Gasteiger partial charge is 0.226 e. The van der Waals surface area contributed by atoms with Crippen molar-refractivity contribution >= 4 is 5.91 Å². The number of hydrogen-bond donors (Lipinski definition) is 1. The molecular formula is C16H26N2O3. The predicted molar refractivity (Wildman–Crippen MR) is 83.8 cm³/mol. The molecule has 0 heterocycles. The van der Waals surface area contributed by atoms with E-state index in [9.17, 15) is 4.79 Å². The lowest BCUT2D eigenvalue weighted by atomic mass is 10.1. The van der Waals surface area contributed by atoms with Crippen LogP contribution in [0.1, 0.15) is 13.8 Å². The van der Waals surface area contributed by atoms with Gasteiger partial charge in [0.1, 0.15) is 18.1 Å². The molecule has 118 valence electrons. The molecule has 1 aromatic rings. The SMILES string of the molecule is CCNCC(C)C(=O)N(C)CCOc1ccc(OC)cc1. The Balaban J connectivity index is 2.31. The molecule has 0 fully saturated rings. The van der Waals surface area contributed by atoms with Crippen LogP contribution in [0.4, 0.5) is 0 Å². The maximum atomic E-state index is 12.1. The zero-order valence-electron chi connectivity index (χ0n) is 13.4. The van der Waals surface area contributed by atoms with Crippen molar-refractivity contribution in [2.45, 2.75) is 13.8 Å². The fourth-order valence-corrected chi connectivity index (χ4v) is 1.91. The quantitative estimate of drug-likeness (QED) is 0.754. The molecule has 1 aromatic carbocycles. The molecule has 5 nitrogen and oxygen atoms in total. The highest BCUT2D eigenvalue weighted by Gasteiger charge is 2.16. The largest absolute Gasteiger partial charge is 0.497 e. The van der Waals surface area contributed by atoms with E-state index in [2.05, 4.69) is 5.32 Å². The Labute approximate surface area is 127 Å². The Kier molecular flexibility index (Phi) is 7.61. The van der Waals surface area contributed by atoms with Gasteiger partial charge in [0, 0.05) is 19.5 Å². The van der Waals surface area contributed by atoms with Crippen LogP contribution in [0, 0.1) is 5.92 Å². The number of carbonyl (C=O) groups excluding carboxylic acids is 1. The summed E-state index contributed by atoms with van der Waals surface area (Å²) in [6.45, 7) is 6.60. The molecule has 21 heavy (non-hydrogen) atoms. The first-order chi connectivity index (χ1) is 10.1. The van der Waals surface area contributed by atoms with Crippen molar-refractivity contribution in [1.29, 1.82) is 0 Å². The van der Waals surface area contributed by atoms with Gasteiger partial charge in [0.15, 0.2) is 0 Å². The average Bonchev–Trinajstić information content (AvgIpc) is 2.52. The highest BCUT2D eigenvalue weighted by Crippen LogP contribution is 2.16. The zero-order valence-corrected chi connectivity index (χ0v) is 13.4. The zero-order chi connectivity index (χ0) is 15.7. The Morgan fingerprint density at radius 3 is 2.48 bits per heavy atom. The lowest BCUT2D eigenvalue weighted by Gasteiger charge is -2.21. The summed E-state index contributed by atoms with van der Waals surface area (Å²) in [4.78, 5) is 13.8. The van der Waals surface area contributed by atoms with E-state index in [1.165, 1.54) is 0 Å². The lowest BCUT2D eigenvalue weighted by Crippen LogP contribution is -2.38. The Bertz CT molecular complexity index is 420. The van der Waals surface area contributed by atoms with Crippen molar-refractivity contribution in [3.8, 4) is 11.5 Å². The van der Waals surface area contributed by atoms with Crippen LogP contribution in [0.2, 0.25) is 0 Å². The number of carbonyl (C=O) groups is 1. The van der Waals surface area contributed by atoms with E-state index in [0.717, 1.165) is 18.0 Å². The van der Waals surface area contributed by atoms with E-state index in [1.807, 2.05) is 45.2 Å². The number of amides is 1. The van der Waals surface area contributed by atoms with Crippen LogP contribution in [0.25, 0.3) is 0 Å². The molecule has 0 spiro atoms. The number of methoxy groups -OCH3 is 1. The second-order valence-electron chi connectivity index (χ2n) is 4.99. The summed E-state index contributed by atoms with van der Waals surface area (Å²) in [5.74, 6) is 1.69. The number of nitrogens with zero attached hydrogens (tertiary/aromatic N) is 1. The van der Waals surface area contributed by atoms with Crippen molar-refractivity contribution in [2.75, 3.05) is 40.4 Å². The molecule has 0 aliphatic carbocycles. The highest BCUT2D eigenvalue weighted by atomic mass is 16.5. The van der Waals surface area contributed by atoms with E-state index < -0.39 is 0 Å². The maximum Gasteiger partial charge on any atom is 0.226 e. The molecule has 1 N–H and O–H groups in total. The number of nitrogens with one attached hydrogen (secondary N) is 1. The van der Waals surface area contributed by atoms with Crippen LogP contribution in [-0.4, -0.2) is 51.2 Å². The summed E-state index contributed by atoms with van der Waals surface area (Å²) in [5.41, 5.74) is 0. The molecule has 0 aliphatic heterocycles. The summed E-state index contributed by atoms with van der Waals surface area (Å²) in [6, 6.07) is 7.41. The standard InChI is InChI=1S/C16H26N2O3/c1-5-17-12-13(2)16(19)18(3)10-11-21-15-8-6-14(20-4)7-9-15/h6-9,13,17H,5,10-12H2,1-4H3. The fourth-order valence-electron chi connectivity index (χ4n) is 1.91. The van der Waals surface area contributed by atoms with E-state index in [1.54, 1.807) is 12.0 Å². The molecule has 1 amide bonds. The van der Waals surface area contributed by atoms with Crippen molar-refractivity contribution in [3.63, 3.8) is 0 Å². The van der Waals surface area contributed by atoms with Gasteiger partial charge in [-0.05, 0) is 30.8 Å². The topological polar surface area (TPSA) is 50.8 Å². The van der Waals surface area contributed by atoms with Gasteiger partial charge in [-0.1, -0.05) is 13.8 Å². The van der Waals surface area contributed by atoms with Crippen LogP contribution >= 0.6 is 0 Å². The first-order valence-electron chi connectivity index (χ1n) is 7.31. The van der Waals surface area contributed by atoms with Crippen LogP contribution in [-0.2, 0) is 4.79 Å². The van der Waals surface area contributed by atoms with Crippen molar-refractivity contribution in [1.82, 2.24) is 10.2 Å². The third-order valence-electron chi connectivity index (χ3n) is 3.25. The second kappa shape index (κ2) is 9.23. The van der Waals surface area contributed by atoms with Gasteiger partial charge < -0.3 is 19.7 Å². The van der Waals surface area contributed by atoms with Gasteiger partial charge in [-0.15, -0.1) is 0 Å². The minimum absolute atomic E-state index is 0.0177. The number of benzene rings is 1. The second-order valence-corrected chi connectivity index (χ2v) is 4.99. The number of rotatable bonds is 9. The number of likely N-dealkylation sites (N-methyl/N-ethyl adjacent to an activating group) is 1. The van der Waals surface area contributed by atoms with Crippen molar-refractivity contribution < 1.29 is 14.3 Å². The summed E-state index contributed by atoms with van der Waals surface area (Å²) in [5, 5.41) is 3.19. The van der Waals surface area contributed by atoms with Gasteiger partial charge in [0.25, 0.3) is 0 Å². The van der Waals surface area contributed by atoms with Crippen LogP contribution < -0.4 is 14.8 Å². The summed E-state index contributed by atoms with van der Waals surface area (Å²) < 4.78 is 10.7. The minimum atomic E-state index is -0.0177. The number of hydrogen-bond acceptors (Lipinski definition) is 4. The number of ether oxygens (including phenoxy) is 2. The molecule has 5 heteroatoms. The molecular weight excluding hydrogens is 268 g/mol. The molecule has 0 radical (unpaired) electrons. The van der Waals surface area contributed by atoms with Crippen molar-refractivity contribution in [2.24, 2.45) is 5.92 Å². The maximum absolute atomic E-state index is 12.1. The minimum Gasteiger partial charge on any atom is -0.497 e. The molecule has 0 saturated carbocycles. The first-order valence-corrected chi connectivity index (χ1v) is 7.31. The third-order valence-corrected chi connectivity index (χ3v) is 3.25. The Hall–Kier alpha value is -1.75. The molecule has 0 saturated heterocycles. The molecule has 1 atom stereocenters. The van der Waals surface area contributed by atoms with Gasteiger partial charge in [-0.3, -0.25) is 4.79 Å². The normalized spacial score (nSPS) is 11.8.